The van der Waals surface area contributed by atoms with Crippen molar-refractivity contribution in [2.45, 2.75) is 6.42 Å². The molecule has 0 atom stereocenters. The Hall–Kier alpha value is -1.32. The van der Waals surface area contributed by atoms with E-state index in [1.165, 1.54) is 6.07 Å². The molecule has 1 aromatic heterocycles. The molecule has 2 rings (SSSR count). The molecule has 0 saturated heterocycles. The highest BCUT2D eigenvalue weighted by Crippen LogP contribution is 1.97. The largest absolute Gasteiger partial charge is 0.324 e. The Balaban J connectivity index is 2.63. The van der Waals surface area contributed by atoms with Gasteiger partial charge in [-0.05, 0) is 0 Å². The van der Waals surface area contributed by atoms with Gasteiger partial charge >= 0.3 is 0 Å². The van der Waals surface area contributed by atoms with Crippen LogP contribution in [0.5, 0.6) is 0 Å². The van der Waals surface area contributed by atoms with Gasteiger partial charge in [0.15, 0.2) is 0 Å². The Morgan fingerprint density at radius 2 is 2.60 bits per heavy atom. The van der Waals surface area contributed by atoms with Gasteiger partial charge in [0.25, 0.3) is 5.56 Å². The lowest BCUT2D eigenvalue weighted by molar-refractivity contribution is 0.866. The molecule has 0 bridgehead atoms. The Bertz CT molecular complexity index is 304. The maximum Gasteiger partial charge on any atom is 0.272 e. The normalized spacial score (nSPS) is 14.4. The second-order valence-corrected chi connectivity index (χ2v) is 2.21. The Labute approximate surface area is 57.5 Å². The summed E-state index contributed by atoms with van der Waals surface area (Å²) in [6, 6.07) is 1.45. The quantitative estimate of drug-likeness (QED) is 0.516. The summed E-state index contributed by atoms with van der Waals surface area (Å²) in [5.74, 6) is 0.826. The third kappa shape index (κ3) is 0.689. The molecule has 1 aliphatic rings. The van der Waals surface area contributed by atoms with Gasteiger partial charge in [0.05, 0.1) is 0 Å². The minimum absolute atomic E-state index is 0.157. The molecule has 52 valence electrons. The summed E-state index contributed by atoms with van der Waals surface area (Å²) >= 11 is 0. The number of hydrogen-bond acceptors (Lipinski definition) is 3. The highest BCUT2D eigenvalue weighted by Gasteiger charge is 2.07. The standard InChI is InChI=1S/C6H7N3O/c10-6-2-4-9-5(8-6)1-3-7-9/h2,4,7H,1,3H2. The van der Waals surface area contributed by atoms with Crippen LogP contribution in [-0.2, 0) is 6.42 Å². The third-order valence-electron chi connectivity index (χ3n) is 1.51. The average Bonchev–Trinajstić information content (AvgIpc) is 2.33. The predicted molar refractivity (Wildman–Crippen MR) is 36.4 cm³/mol. The fourth-order valence-corrected chi connectivity index (χ4v) is 1.05. The Kier molecular flexibility index (Phi) is 1.00. The molecule has 0 fully saturated rings. The first-order valence-corrected chi connectivity index (χ1v) is 3.19. The zero-order valence-electron chi connectivity index (χ0n) is 5.37. The molecule has 0 aliphatic carbocycles. The second-order valence-electron chi connectivity index (χ2n) is 2.21. The van der Waals surface area contributed by atoms with Gasteiger partial charge in [0.2, 0.25) is 0 Å². The first kappa shape index (κ1) is 5.46. The zero-order valence-corrected chi connectivity index (χ0v) is 5.37. The van der Waals surface area contributed by atoms with Gasteiger partial charge in [-0.15, -0.1) is 0 Å². The Morgan fingerprint density at radius 3 is 3.50 bits per heavy atom. The summed E-state index contributed by atoms with van der Waals surface area (Å²) in [5.41, 5.74) is 2.89. The number of nitrogens with zero attached hydrogens (tertiary/aromatic N) is 2. The van der Waals surface area contributed by atoms with Crippen molar-refractivity contribution in [3.63, 3.8) is 0 Å². The molecule has 1 aliphatic heterocycles. The van der Waals surface area contributed by atoms with Gasteiger partial charge in [0, 0.05) is 25.2 Å². The second kappa shape index (κ2) is 1.83. The zero-order chi connectivity index (χ0) is 6.97. The fraction of sp³-hybridized carbons (Fsp3) is 0.333. The van der Waals surface area contributed by atoms with Crippen LogP contribution in [0.3, 0.4) is 0 Å². The number of rotatable bonds is 0. The summed E-state index contributed by atoms with van der Waals surface area (Å²) in [7, 11) is 0. The number of nitrogens with one attached hydrogen (secondary N) is 1. The van der Waals surface area contributed by atoms with E-state index in [9.17, 15) is 4.79 Å². The van der Waals surface area contributed by atoms with E-state index in [1.54, 1.807) is 10.9 Å². The minimum Gasteiger partial charge on any atom is -0.324 e. The van der Waals surface area contributed by atoms with Crippen molar-refractivity contribution in [2.75, 3.05) is 12.0 Å². The summed E-state index contributed by atoms with van der Waals surface area (Å²) in [6.45, 7) is 0.871. The van der Waals surface area contributed by atoms with Crippen molar-refractivity contribution >= 4 is 0 Å². The predicted octanol–water partition coefficient (Wildman–Crippen LogP) is -0.657. The van der Waals surface area contributed by atoms with Crippen LogP contribution in [-0.4, -0.2) is 16.2 Å². The molecule has 0 unspecified atom stereocenters. The van der Waals surface area contributed by atoms with Crippen LogP contribution in [0.4, 0.5) is 0 Å². The van der Waals surface area contributed by atoms with Crippen molar-refractivity contribution in [3.8, 4) is 0 Å². The maximum absolute atomic E-state index is 10.7. The lowest BCUT2D eigenvalue weighted by Crippen LogP contribution is -2.14. The molecule has 1 N–H and O–H groups in total. The molecular weight excluding hydrogens is 130 g/mol. The van der Waals surface area contributed by atoms with Crippen LogP contribution in [0, 0.1) is 0 Å². The monoisotopic (exact) mass is 137 g/mol. The first-order valence-electron chi connectivity index (χ1n) is 3.19. The molecular formula is C6H7N3O. The summed E-state index contributed by atoms with van der Waals surface area (Å²) in [6.07, 6.45) is 2.55. The fourth-order valence-electron chi connectivity index (χ4n) is 1.05. The van der Waals surface area contributed by atoms with Crippen LogP contribution in [0.2, 0.25) is 0 Å². The highest BCUT2D eigenvalue weighted by molar-refractivity contribution is 5.02. The molecule has 1 aromatic rings. The molecule has 2 heterocycles. The third-order valence-corrected chi connectivity index (χ3v) is 1.51. The van der Waals surface area contributed by atoms with E-state index in [1.807, 2.05) is 0 Å². The average molecular weight is 137 g/mol. The van der Waals surface area contributed by atoms with E-state index in [4.69, 9.17) is 0 Å². The van der Waals surface area contributed by atoms with E-state index in [0.29, 0.717) is 0 Å². The van der Waals surface area contributed by atoms with Crippen molar-refractivity contribution in [1.82, 2.24) is 9.66 Å². The van der Waals surface area contributed by atoms with Crippen LogP contribution in [0.25, 0.3) is 0 Å². The number of fused-ring (bicyclic) bond motifs is 1. The number of aromatic nitrogens is 2. The topological polar surface area (TPSA) is 46.9 Å². The molecule has 10 heavy (non-hydrogen) atoms. The smallest absolute Gasteiger partial charge is 0.272 e. The van der Waals surface area contributed by atoms with Gasteiger partial charge in [-0.1, -0.05) is 0 Å². The van der Waals surface area contributed by atoms with Gasteiger partial charge in [-0.2, -0.15) is 4.98 Å². The van der Waals surface area contributed by atoms with E-state index >= 15 is 0 Å². The van der Waals surface area contributed by atoms with E-state index in [2.05, 4.69) is 10.4 Å². The molecule has 4 nitrogen and oxygen atoms in total. The summed E-state index contributed by atoms with van der Waals surface area (Å²) in [4.78, 5) is 14.5. The Morgan fingerprint density at radius 1 is 1.70 bits per heavy atom. The van der Waals surface area contributed by atoms with E-state index in [-0.39, 0.29) is 5.56 Å². The molecule has 4 heteroatoms. The van der Waals surface area contributed by atoms with E-state index in [0.717, 1.165) is 18.8 Å². The van der Waals surface area contributed by atoms with Crippen LogP contribution < -0.4 is 11.0 Å². The molecule has 0 spiro atoms. The molecule has 0 aromatic carbocycles. The maximum atomic E-state index is 10.7. The SMILES string of the molecule is O=c1ccn2c(n1)CCN2. The summed E-state index contributed by atoms with van der Waals surface area (Å²) < 4.78 is 1.78. The molecule has 0 amide bonds. The van der Waals surface area contributed by atoms with Gasteiger partial charge in [0.1, 0.15) is 5.82 Å². The van der Waals surface area contributed by atoms with Crippen molar-refractivity contribution in [2.24, 2.45) is 0 Å². The lowest BCUT2D eigenvalue weighted by Gasteiger charge is -1.99. The van der Waals surface area contributed by atoms with Crippen molar-refractivity contribution < 1.29 is 0 Å². The van der Waals surface area contributed by atoms with Crippen LogP contribution >= 0.6 is 0 Å². The minimum atomic E-state index is -0.157. The van der Waals surface area contributed by atoms with Gasteiger partial charge in [-0.3, -0.25) is 9.47 Å². The number of hydrogen-bond donors (Lipinski definition) is 1. The van der Waals surface area contributed by atoms with Crippen molar-refractivity contribution in [3.05, 3.63) is 28.4 Å². The highest BCUT2D eigenvalue weighted by atomic mass is 16.1. The van der Waals surface area contributed by atoms with Gasteiger partial charge in [-0.25, -0.2) is 0 Å². The van der Waals surface area contributed by atoms with Crippen molar-refractivity contribution in [1.29, 1.82) is 0 Å². The van der Waals surface area contributed by atoms with Crippen LogP contribution in [0.15, 0.2) is 17.1 Å². The van der Waals surface area contributed by atoms with Gasteiger partial charge < -0.3 is 5.43 Å². The van der Waals surface area contributed by atoms with E-state index < -0.39 is 0 Å². The van der Waals surface area contributed by atoms with Crippen LogP contribution in [0.1, 0.15) is 5.82 Å². The summed E-state index contributed by atoms with van der Waals surface area (Å²) in [5, 5.41) is 0. The molecule has 0 radical (unpaired) electrons. The lowest BCUT2D eigenvalue weighted by atomic mass is 10.4. The first-order chi connectivity index (χ1) is 4.86. The molecule has 0 saturated carbocycles.